The standard InChI is InChI=1S/C15H15NO3/c1-10(2)15(9-16)12-7-5-4-6-11(12)8-13(19-15)14(17)18-3/h4-8,10H,1-3H3. The highest BCUT2D eigenvalue weighted by Gasteiger charge is 2.44. The number of carbonyl (C=O) groups excluding carboxylic acids is 1. The van der Waals surface area contributed by atoms with Gasteiger partial charge in [-0.1, -0.05) is 38.1 Å². The summed E-state index contributed by atoms with van der Waals surface area (Å²) in [6, 6.07) is 9.63. The number of benzene rings is 1. The van der Waals surface area contributed by atoms with Crippen LogP contribution in [-0.4, -0.2) is 13.1 Å². The van der Waals surface area contributed by atoms with E-state index in [1.807, 2.05) is 38.1 Å². The lowest BCUT2D eigenvalue weighted by Gasteiger charge is -2.36. The van der Waals surface area contributed by atoms with E-state index < -0.39 is 11.6 Å². The summed E-state index contributed by atoms with van der Waals surface area (Å²) in [6.45, 7) is 3.78. The number of carbonyl (C=O) groups is 1. The van der Waals surface area contributed by atoms with Crippen LogP contribution >= 0.6 is 0 Å². The fraction of sp³-hybridized carbons (Fsp3) is 0.333. The fourth-order valence-electron chi connectivity index (χ4n) is 2.20. The maximum atomic E-state index is 11.7. The van der Waals surface area contributed by atoms with E-state index in [4.69, 9.17) is 4.74 Å². The van der Waals surface area contributed by atoms with Crippen LogP contribution in [0.5, 0.6) is 0 Å². The second kappa shape index (κ2) is 4.77. The van der Waals surface area contributed by atoms with Crippen molar-refractivity contribution >= 4 is 12.0 Å². The van der Waals surface area contributed by atoms with Crippen LogP contribution in [0.15, 0.2) is 30.0 Å². The molecule has 1 aliphatic rings. The van der Waals surface area contributed by atoms with Gasteiger partial charge < -0.3 is 9.47 Å². The zero-order valence-corrected chi connectivity index (χ0v) is 11.1. The SMILES string of the molecule is COC(=O)C1=Cc2ccccc2C(C#N)(C(C)C)O1. The van der Waals surface area contributed by atoms with Crippen molar-refractivity contribution in [2.24, 2.45) is 5.92 Å². The smallest absolute Gasteiger partial charge is 0.373 e. The molecule has 98 valence electrons. The van der Waals surface area contributed by atoms with Crippen LogP contribution in [0.2, 0.25) is 0 Å². The number of hydrogen-bond acceptors (Lipinski definition) is 4. The van der Waals surface area contributed by atoms with Crippen molar-refractivity contribution in [3.8, 4) is 6.07 Å². The first-order chi connectivity index (χ1) is 9.05. The summed E-state index contributed by atoms with van der Waals surface area (Å²) in [5.74, 6) is -0.613. The monoisotopic (exact) mass is 257 g/mol. The first-order valence-corrected chi connectivity index (χ1v) is 6.05. The van der Waals surface area contributed by atoms with E-state index in [2.05, 4.69) is 10.8 Å². The molecule has 19 heavy (non-hydrogen) atoms. The number of nitrogens with zero attached hydrogens (tertiary/aromatic N) is 1. The van der Waals surface area contributed by atoms with Crippen LogP contribution in [0.25, 0.3) is 6.08 Å². The molecule has 0 radical (unpaired) electrons. The highest BCUT2D eigenvalue weighted by molar-refractivity contribution is 5.92. The van der Waals surface area contributed by atoms with Crippen molar-refractivity contribution in [1.29, 1.82) is 5.26 Å². The molecule has 0 amide bonds. The maximum Gasteiger partial charge on any atom is 0.373 e. The van der Waals surface area contributed by atoms with E-state index >= 15 is 0 Å². The largest absolute Gasteiger partial charge is 0.463 e. The highest BCUT2D eigenvalue weighted by Crippen LogP contribution is 2.41. The van der Waals surface area contributed by atoms with Gasteiger partial charge in [-0.3, -0.25) is 0 Å². The van der Waals surface area contributed by atoms with Crippen molar-refractivity contribution in [3.05, 3.63) is 41.2 Å². The second-order valence-electron chi connectivity index (χ2n) is 4.69. The first kappa shape index (κ1) is 13.2. The predicted molar refractivity (Wildman–Crippen MR) is 69.6 cm³/mol. The number of hydrogen-bond donors (Lipinski definition) is 0. The van der Waals surface area contributed by atoms with Crippen LogP contribution in [0.3, 0.4) is 0 Å². The zero-order valence-electron chi connectivity index (χ0n) is 11.1. The third-order valence-corrected chi connectivity index (χ3v) is 3.28. The molecule has 0 N–H and O–H groups in total. The molecular weight excluding hydrogens is 242 g/mol. The molecule has 0 spiro atoms. The van der Waals surface area contributed by atoms with Crippen molar-refractivity contribution < 1.29 is 14.3 Å². The average molecular weight is 257 g/mol. The van der Waals surface area contributed by atoms with Crippen LogP contribution in [0.1, 0.15) is 25.0 Å². The third-order valence-electron chi connectivity index (χ3n) is 3.28. The molecule has 4 heteroatoms. The molecule has 0 fully saturated rings. The lowest BCUT2D eigenvalue weighted by molar-refractivity contribution is -0.143. The predicted octanol–water partition coefficient (Wildman–Crippen LogP) is 2.61. The molecular formula is C15H15NO3. The molecule has 1 atom stereocenters. The Hall–Kier alpha value is -2.28. The third kappa shape index (κ3) is 1.97. The molecule has 1 aromatic carbocycles. The van der Waals surface area contributed by atoms with Gasteiger partial charge in [-0.15, -0.1) is 0 Å². The van der Waals surface area contributed by atoms with Gasteiger partial charge in [0.25, 0.3) is 0 Å². The average Bonchev–Trinajstić information content (AvgIpc) is 2.44. The summed E-state index contributed by atoms with van der Waals surface area (Å²) in [6.07, 6.45) is 1.61. The molecule has 4 nitrogen and oxygen atoms in total. The van der Waals surface area contributed by atoms with Gasteiger partial charge in [0, 0.05) is 11.5 Å². The lowest BCUT2D eigenvalue weighted by atomic mass is 9.80. The molecule has 0 saturated carbocycles. The Morgan fingerprint density at radius 2 is 2.11 bits per heavy atom. The molecule has 2 rings (SSSR count). The second-order valence-corrected chi connectivity index (χ2v) is 4.69. The summed E-state index contributed by atoms with van der Waals surface area (Å²) in [5.41, 5.74) is 0.430. The fourth-order valence-corrected chi connectivity index (χ4v) is 2.20. The molecule has 1 unspecified atom stereocenters. The summed E-state index contributed by atoms with van der Waals surface area (Å²) >= 11 is 0. The molecule has 0 bridgehead atoms. The number of fused-ring (bicyclic) bond motifs is 1. The molecule has 1 aromatic rings. The van der Waals surface area contributed by atoms with Crippen LogP contribution in [-0.2, 0) is 19.9 Å². The Balaban J connectivity index is 2.65. The minimum absolute atomic E-state index is 0.0662. The van der Waals surface area contributed by atoms with E-state index in [-0.39, 0.29) is 11.7 Å². The van der Waals surface area contributed by atoms with Gasteiger partial charge in [0.05, 0.1) is 7.11 Å². The number of nitriles is 1. The van der Waals surface area contributed by atoms with Crippen molar-refractivity contribution in [2.75, 3.05) is 7.11 Å². The Bertz CT molecular complexity index is 583. The van der Waals surface area contributed by atoms with Crippen molar-refractivity contribution in [3.63, 3.8) is 0 Å². The number of rotatable bonds is 2. The minimum Gasteiger partial charge on any atom is -0.463 e. The van der Waals surface area contributed by atoms with Gasteiger partial charge in [0.1, 0.15) is 6.07 Å². The summed E-state index contributed by atoms with van der Waals surface area (Å²) in [7, 11) is 1.29. The minimum atomic E-state index is -1.16. The van der Waals surface area contributed by atoms with E-state index in [9.17, 15) is 10.1 Å². The summed E-state index contributed by atoms with van der Waals surface area (Å²) in [5, 5.41) is 9.58. The first-order valence-electron chi connectivity index (χ1n) is 6.05. The van der Waals surface area contributed by atoms with Gasteiger partial charge in [0.2, 0.25) is 11.4 Å². The quantitative estimate of drug-likeness (QED) is 0.764. The molecule has 1 aliphatic heterocycles. The summed E-state index contributed by atoms with van der Waals surface area (Å²) < 4.78 is 10.4. The number of methoxy groups -OCH3 is 1. The van der Waals surface area contributed by atoms with Crippen LogP contribution in [0.4, 0.5) is 0 Å². The molecule has 0 saturated heterocycles. The van der Waals surface area contributed by atoms with E-state index in [0.717, 1.165) is 11.1 Å². The Kier molecular flexibility index (Phi) is 3.30. The van der Waals surface area contributed by atoms with Gasteiger partial charge in [0.15, 0.2) is 0 Å². The Labute approximate surface area is 112 Å². The topological polar surface area (TPSA) is 59.3 Å². The van der Waals surface area contributed by atoms with Crippen molar-refractivity contribution in [2.45, 2.75) is 19.4 Å². The van der Waals surface area contributed by atoms with Gasteiger partial charge >= 0.3 is 5.97 Å². The van der Waals surface area contributed by atoms with Gasteiger partial charge in [-0.25, -0.2) is 4.79 Å². The highest BCUT2D eigenvalue weighted by atomic mass is 16.6. The van der Waals surface area contributed by atoms with E-state index in [1.165, 1.54) is 7.11 Å². The van der Waals surface area contributed by atoms with E-state index in [0.29, 0.717) is 0 Å². The maximum absolute atomic E-state index is 11.7. The van der Waals surface area contributed by atoms with Crippen LogP contribution < -0.4 is 0 Å². The molecule has 0 aliphatic carbocycles. The summed E-state index contributed by atoms with van der Waals surface area (Å²) in [4.78, 5) is 11.7. The van der Waals surface area contributed by atoms with Crippen molar-refractivity contribution in [1.82, 2.24) is 0 Å². The van der Waals surface area contributed by atoms with Crippen LogP contribution in [0, 0.1) is 17.2 Å². The lowest BCUT2D eigenvalue weighted by Crippen LogP contribution is -2.37. The number of esters is 1. The normalized spacial score (nSPS) is 20.9. The molecule has 1 heterocycles. The molecule has 0 aromatic heterocycles. The van der Waals surface area contributed by atoms with Gasteiger partial charge in [-0.05, 0) is 11.6 Å². The Morgan fingerprint density at radius 3 is 2.68 bits per heavy atom. The Morgan fingerprint density at radius 1 is 1.42 bits per heavy atom. The zero-order chi connectivity index (χ0) is 14.0. The number of ether oxygens (including phenoxy) is 2. The van der Waals surface area contributed by atoms with E-state index in [1.54, 1.807) is 6.08 Å². The van der Waals surface area contributed by atoms with Gasteiger partial charge in [-0.2, -0.15) is 5.26 Å².